The van der Waals surface area contributed by atoms with E-state index in [9.17, 15) is 34.5 Å². The number of aliphatic hydroxyl groups is 2. The van der Waals surface area contributed by atoms with Gasteiger partial charge in [-0.1, -0.05) is 194 Å². The molecule has 0 spiro atoms. The van der Waals surface area contributed by atoms with Gasteiger partial charge < -0.3 is 39.0 Å². The van der Waals surface area contributed by atoms with E-state index in [1.807, 2.05) is 12.2 Å². The van der Waals surface area contributed by atoms with Crippen molar-refractivity contribution in [3.8, 4) is 0 Å². The van der Waals surface area contributed by atoms with Crippen molar-refractivity contribution in [3.63, 3.8) is 0 Å². The Morgan fingerprint density at radius 1 is 0.453 bits per heavy atom. The van der Waals surface area contributed by atoms with Gasteiger partial charge in [-0.25, -0.2) is 4.79 Å². The van der Waals surface area contributed by atoms with E-state index in [4.69, 9.17) is 23.7 Å². The quantitative estimate of drug-likeness (QED) is 0.0228. The Bertz CT molecular complexity index is 1720. The highest BCUT2D eigenvalue weighted by molar-refractivity contribution is 5.74. The van der Waals surface area contributed by atoms with Crippen LogP contribution in [-0.4, -0.2) is 89.2 Å². The van der Waals surface area contributed by atoms with Gasteiger partial charge in [0.2, 0.25) is 0 Å². The molecule has 424 valence electrons. The highest BCUT2D eigenvalue weighted by Gasteiger charge is 2.50. The summed E-state index contributed by atoms with van der Waals surface area (Å²) in [7, 11) is 0. The van der Waals surface area contributed by atoms with Gasteiger partial charge in [0.15, 0.2) is 24.6 Å². The number of carbonyl (C=O) groups excluding carboxylic acids is 3. The van der Waals surface area contributed by atoms with Crippen LogP contribution in [0, 0.1) is 0 Å². The number of carboxylic acid groups (broad SMARTS) is 1. The largest absolute Gasteiger partial charge is 0.479 e. The Morgan fingerprint density at radius 3 is 1.40 bits per heavy atom. The van der Waals surface area contributed by atoms with Crippen molar-refractivity contribution in [3.05, 3.63) is 109 Å². The second-order valence-corrected chi connectivity index (χ2v) is 19.2. The summed E-state index contributed by atoms with van der Waals surface area (Å²) in [6.07, 6.45) is 55.0. The molecule has 1 fully saturated rings. The molecule has 12 heteroatoms. The number of hydrogen-bond acceptors (Lipinski definition) is 11. The Balaban J connectivity index is 2.76. The number of hydrogen-bond donors (Lipinski definition) is 3. The highest BCUT2D eigenvalue weighted by atomic mass is 16.7. The molecule has 0 saturated carbocycles. The van der Waals surface area contributed by atoms with Crippen LogP contribution in [0.25, 0.3) is 0 Å². The van der Waals surface area contributed by atoms with Gasteiger partial charge in [-0.3, -0.25) is 14.4 Å². The van der Waals surface area contributed by atoms with Crippen molar-refractivity contribution in [1.82, 2.24) is 0 Å². The summed E-state index contributed by atoms with van der Waals surface area (Å²) in [4.78, 5) is 51.0. The SMILES string of the molecule is CC/C=C\C/C=C\C/C=C\C/C=C\C/C=C\C/C=C\CCC(=O)OCC(COC1OC(C(=O)O)C(O)C(O)C1OC(=O)CCCCCCC/C=C\C/C=C\CCC)OC(=O)CCCCCCC/C=C\CCCCCC. The number of rotatable bonds is 47. The first-order chi connectivity index (χ1) is 36.6. The molecule has 1 aliphatic rings. The van der Waals surface area contributed by atoms with Crippen LogP contribution in [-0.2, 0) is 42.9 Å². The fourth-order valence-electron chi connectivity index (χ4n) is 7.89. The van der Waals surface area contributed by atoms with Gasteiger partial charge in [-0.05, 0) is 109 Å². The molecule has 75 heavy (non-hydrogen) atoms. The lowest BCUT2D eigenvalue weighted by atomic mass is 9.98. The van der Waals surface area contributed by atoms with E-state index in [0.29, 0.717) is 19.3 Å². The van der Waals surface area contributed by atoms with Crippen LogP contribution < -0.4 is 0 Å². The number of aliphatic hydroxyl groups excluding tert-OH is 2. The maximum Gasteiger partial charge on any atom is 0.335 e. The predicted octanol–water partition coefficient (Wildman–Crippen LogP) is 14.7. The Labute approximate surface area is 453 Å². The van der Waals surface area contributed by atoms with Crippen molar-refractivity contribution < 1.29 is 58.2 Å². The van der Waals surface area contributed by atoms with Crippen molar-refractivity contribution >= 4 is 23.9 Å². The molecule has 12 nitrogen and oxygen atoms in total. The topological polar surface area (TPSA) is 175 Å². The van der Waals surface area contributed by atoms with Crippen LogP contribution in [0.15, 0.2) is 109 Å². The monoisotopic (exact) mass is 1050 g/mol. The molecule has 1 rings (SSSR count). The van der Waals surface area contributed by atoms with Crippen LogP contribution in [0.2, 0.25) is 0 Å². The van der Waals surface area contributed by atoms with E-state index in [2.05, 4.69) is 118 Å². The molecule has 0 radical (unpaired) electrons. The van der Waals surface area contributed by atoms with Crippen molar-refractivity contribution in [2.75, 3.05) is 13.2 Å². The lowest BCUT2D eigenvalue weighted by Crippen LogP contribution is -2.61. The zero-order chi connectivity index (χ0) is 54.7. The van der Waals surface area contributed by atoms with E-state index in [-0.39, 0.29) is 25.9 Å². The van der Waals surface area contributed by atoms with Gasteiger partial charge >= 0.3 is 23.9 Å². The summed E-state index contributed by atoms with van der Waals surface area (Å²) >= 11 is 0. The smallest absolute Gasteiger partial charge is 0.335 e. The fourth-order valence-corrected chi connectivity index (χ4v) is 7.89. The molecule has 0 aromatic rings. The number of ether oxygens (including phenoxy) is 5. The van der Waals surface area contributed by atoms with Crippen molar-refractivity contribution in [2.24, 2.45) is 0 Å². The van der Waals surface area contributed by atoms with Crippen LogP contribution >= 0.6 is 0 Å². The molecular formula is C63H100O12. The minimum Gasteiger partial charge on any atom is -0.479 e. The molecule has 3 N–H and O–H groups in total. The van der Waals surface area contributed by atoms with Gasteiger partial charge in [0.05, 0.1) is 6.61 Å². The van der Waals surface area contributed by atoms with Gasteiger partial charge in [0, 0.05) is 19.3 Å². The molecule has 0 aliphatic carbocycles. The molecule has 6 unspecified atom stereocenters. The summed E-state index contributed by atoms with van der Waals surface area (Å²) in [5, 5.41) is 31.4. The van der Waals surface area contributed by atoms with Gasteiger partial charge in [-0.15, -0.1) is 0 Å². The molecule has 6 atom stereocenters. The predicted molar refractivity (Wildman–Crippen MR) is 303 cm³/mol. The second kappa shape index (κ2) is 50.2. The second-order valence-electron chi connectivity index (χ2n) is 19.2. The molecule has 0 aromatic heterocycles. The molecule has 1 aliphatic heterocycles. The Kier molecular flexibility index (Phi) is 45.8. The van der Waals surface area contributed by atoms with Crippen molar-refractivity contribution in [2.45, 2.75) is 250 Å². The minimum absolute atomic E-state index is 0.0311. The number of allylic oxidation sites excluding steroid dienone is 18. The number of aliphatic carboxylic acids is 1. The summed E-state index contributed by atoms with van der Waals surface area (Å²) in [5.74, 6) is -3.27. The lowest BCUT2D eigenvalue weighted by molar-refractivity contribution is -0.301. The van der Waals surface area contributed by atoms with Crippen LogP contribution in [0.5, 0.6) is 0 Å². The zero-order valence-corrected chi connectivity index (χ0v) is 46.5. The van der Waals surface area contributed by atoms with E-state index < -0.39 is 67.3 Å². The zero-order valence-electron chi connectivity index (χ0n) is 46.5. The molecule has 0 bridgehead atoms. The highest BCUT2D eigenvalue weighted by Crippen LogP contribution is 2.26. The Morgan fingerprint density at radius 2 is 0.893 bits per heavy atom. The summed E-state index contributed by atoms with van der Waals surface area (Å²) in [5.41, 5.74) is 0. The molecule has 0 amide bonds. The van der Waals surface area contributed by atoms with E-state index in [1.54, 1.807) is 0 Å². The maximum atomic E-state index is 13.1. The molecule has 1 heterocycles. The lowest BCUT2D eigenvalue weighted by Gasteiger charge is -2.40. The average Bonchev–Trinajstić information content (AvgIpc) is 3.39. The molecular weight excluding hydrogens is 949 g/mol. The fraction of sp³-hybridized carbons (Fsp3) is 0.651. The number of unbranched alkanes of at least 4 members (excludes halogenated alkanes) is 15. The van der Waals surface area contributed by atoms with E-state index >= 15 is 0 Å². The number of carboxylic acids is 1. The third-order valence-corrected chi connectivity index (χ3v) is 12.3. The summed E-state index contributed by atoms with van der Waals surface area (Å²) < 4.78 is 28.3. The third kappa shape index (κ3) is 40.3. The average molecular weight is 1050 g/mol. The molecule has 0 aromatic carbocycles. The third-order valence-electron chi connectivity index (χ3n) is 12.3. The van der Waals surface area contributed by atoms with Gasteiger partial charge in [0.25, 0.3) is 0 Å². The van der Waals surface area contributed by atoms with Crippen LogP contribution in [0.1, 0.15) is 213 Å². The first kappa shape index (κ1) is 68.4. The van der Waals surface area contributed by atoms with Gasteiger partial charge in [-0.2, -0.15) is 0 Å². The Hall–Kier alpha value is -4.62. The van der Waals surface area contributed by atoms with E-state index in [1.165, 1.54) is 25.7 Å². The maximum absolute atomic E-state index is 13.1. The van der Waals surface area contributed by atoms with Crippen LogP contribution in [0.4, 0.5) is 0 Å². The standard InChI is InChI=1S/C63H100O12/c1-4-7-10-13-16-19-22-25-26-27-28-29-30-33-34-37-40-43-46-49-55(64)71-52-54(73-56(65)50-47-44-41-38-35-31-23-20-17-14-11-8-5-2)53-72-63-61(59(68)58(67)60(75-63)62(69)70)74-57(66)51-48-45-42-39-36-32-24-21-18-15-12-9-6-3/h7,10,12,15-16,19-21,23-26,28-29,33-34,40,43,54,58-61,63,67-68H,4-6,8-9,11,13-14,17-18,22,27,30-32,35-39,41-42,44-53H2,1-3H3,(H,69,70)/b10-7-,15-12-,19-16-,23-20-,24-21-,26-25-,29-28-,34-33-,43-40-. The van der Waals surface area contributed by atoms with Crippen molar-refractivity contribution in [1.29, 1.82) is 0 Å². The minimum atomic E-state index is -1.92. The summed E-state index contributed by atoms with van der Waals surface area (Å²) in [6, 6.07) is 0. The number of esters is 3. The van der Waals surface area contributed by atoms with Crippen LogP contribution in [0.3, 0.4) is 0 Å². The molecule has 1 saturated heterocycles. The summed E-state index contributed by atoms with van der Waals surface area (Å²) in [6.45, 7) is 5.70. The first-order valence-corrected chi connectivity index (χ1v) is 28.9. The van der Waals surface area contributed by atoms with E-state index in [0.717, 1.165) is 128 Å². The normalized spacial score (nSPS) is 19.0. The van der Waals surface area contributed by atoms with Gasteiger partial charge in [0.1, 0.15) is 18.8 Å². The number of carbonyl (C=O) groups is 4. The first-order valence-electron chi connectivity index (χ1n) is 28.9.